The molecule has 2 aromatic heterocycles. The molecule has 0 atom stereocenters. The molecule has 0 unspecified atom stereocenters. The number of ether oxygens (including phenoxy) is 1. The Kier molecular flexibility index (Phi) is 5.92. The van der Waals surface area contributed by atoms with Crippen LogP contribution in [0.3, 0.4) is 0 Å². The number of thioether (sulfide) groups is 1. The molecule has 0 saturated carbocycles. The van der Waals surface area contributed by atoms with Gasteiger partial charge in [0.15, 0.2) is 14.1 Å². The van der Waals surface area contributed by atoms with Gasteiger partial charge in [-0.2, -0.15) is 13.5 Å². The smallest absolute Gasteiger partial charge is 0.387 e. The summed E-state index contributed by atoms with van der Waals surface area (Å²) in [5.74, 6) is 1.11. The number of alkyl halides is 2. The van der Waals surface area contributed by atoms with Gasteiger partial charge in [0.1, 0.15) is 5.75 Å². The topological polar surface area (TPSA) is 70.7 Å². The van der Waals surface area contributed by atoms with E-state index >= 15 is 0 Å². The van der Waals surface area contributed by atoms with Gasteiger partial charge in [-0.3, -0.25) is 0 Å². The van der Waals surface area contributed by atoms with Crippen molar-refractivity contribution in [1.29, 1.82) is 0 Å². The van der Waals surface area contributed by atoms with E-state index in [4.69, 9.17) is 12.2 Å². The molecule has 2 heterocycles. The molecular weight excluding hydrogens is 438 g/mol. The number of para-hydroxylation sites is 1. The second-order valence-electron chi connectivity index (χ2n) is 5.55. The van der Waals surface area contributed by atoms with Crippen LogP contribution in [0.1, 0.15) is 5.82 Å². The maximum Gasteiger partial charge on any atom is 0.387 e. The maximum absolute atomic E-state index is 12.3. The van der Waals surface area contributed by atoms with Crippen LogP contribution in [-0.4, -0.2) is 36.6 Å². The summed E-state index contributed by atoms with van der Waals surface area (Å²) in [6, 6.07) is 15.7. The largest absolute Gasteiger partial charge is 0.435 e. The molecule has 29 heavy (non-hydrogen) atoms. The lowest BCUT2D eigenvalue weighted by molar-refractivity contribution is -0.0498. The zero-order valence-electron chi connectivity index (χ0n) is 14.6. The molecule has 0 bridgehead atoms. The Hall–Kier alpha value is -2.70. The van der Waals surface area contributed by atoms with E-state index in [1.165, 1.54) is 39.9 Å². The van der Waals surface area contributed by atoms with E-state index in [0.29, 0.717) is 21.2 Å². The molecule has 2 aromatic carbocycles. The van der Waals surface area contributed by atoms with E-state index in [0.717, 1.165) is 10.0 Å². The summed E-state index contributed by atoms with van der Waals surface area (Å²) in [5, 5.41) is 16.3. The summed E-state index contributed by atoms with van der Waals surface area (Å²) < 4.78 is 33.6. The monoisotopic (exact) mass is 450 g/mol. The number of tetrazole rings is 1. The molecule has 0 aliphatic carbocycles. The van der Waals surface area contributed by atoms with Crippen molar-refractivity contribution in [3.63, 3.8) is 0 Å². The normalized spacial score (nSPS) is 11.1. The molecule has 0 saturated heterocycles. The summed E-state index contributed by atoms with van der Waals surface area (Å²) in [6.45, 7) is -2.87. The third-order valence-electron chi connectivity index (χ3n) is 3.70. The molecule has 0 spiro atoms. The quantitative estimate of drug-likeness (QED) is 0.303. The fourth-order valence-corrected chi connectivity index (χ4v) is 4.71. The first-order chi connectivity index (χ1) is 14.1. The Labute approximate surface area is 177 Å². The van der Waals surface area contributed by atoms with Crippen LogP contribution in [0, 0.1) is 3.95 Å². The van der Waals surface area contributed by atoms with Crippen molar-refractivity contribution in [2.24, 2.45) is 0 Å². The van der Waals surface area contributed by atoms with Crippen molar-refractivity contribution in [1.82, 2.24) is 30.0 Å². The molecule has 0 N–H and O–H groups in total. The van der Waals surface area contributed by atoms with E-state index in [-0.39, 0.29) is 5.75 Å². The number of rotatable bonds is 7. The Balaban J connectivity index is 1.48. The van der Waals surface area contributed by atoms with Gasteiger partial charge in [-0.05, 0) is 59.0 Å². The Morgan fingerprint density at radius 1 is 1.03 bits per heavy atom. The average molecular weight is 451 g/mol. The lowest BCUT2D eigenvalue weighted by Gasteiger charge is -2.06. The van der Waals surface area contributed by atoms with Crippen molar-refractivity contribution in [2.75, 3.05) is 0 Å². The number of halogens is 2. The summed E-state index contributed by atoms with van der Waals surface area (Å²) in [6.07, 6.45) is 0. The summed E-state index contributed by atoms with van der Waals surface area (Å²) in [5.41, 5.74) is 1.53. The van der Waals surface area contributed by atoms with Crippen LogP contribution >= 0.6 is 35.3 Å². The van der Waals surface area contributed by atoms with Crippen molar-refractivity contribution < 1.29 is 13.5 Å². The highest BCUT2D eigenvalue weighted by Gasteiger charge is 2.12. The van der Waals surface area contributed by atoms with Crippen molar-refractivity contribution in [3.8, 4) is 17.1 Å². The van der Waals surface area contributed by atoms with Gasteiger partial charge in [0, 0.05) is 0 Å². The number of benzene rings is 2. The predicted molar refractivity (Wildman–Crippen MR) is 108 cm³/mol. The molecular formula is C17H12F2N6OS3. The van der Waals surface area contributed by atoms with Crippen molar-refractivity contribution in [2.45, 2.75) is 16.7 Å². The predicted octanol–water partition coefficient (Wildman–Crippen LogP) is 4.53. The molecule has 0 radical (unpaired) electrons. The van der Waals surface area contributed by atoms with E-state index in [9.17, 15) is 8.78 Å². The SMILES string of the molecule is FC(F)Oc1ccc(-n2nnnc2CSc2nn(-c3ccccc3)c(=S)s2)cc1. The minimum absolute atomic E-state index is 0.0685. The van der Waals surface area contributed by atoms with Gasteiger partial charge in [-0.25, -0.2) is 4.68 Å². The highest BCUT2D eigenvalue weighted by atomic mass is 32.2. The van der Waals surface area contributed by atoms with E-state index in [1.54, 1.807) is 16.8 Å². The molecule has 12 heteroatoms. The number of hydrogen-bond acceptors (Lipinski definition) is 8. The van der Waals surface area contributed by atoms with Crippen molar-refractivity contribution in [3.05, 3.63) is 64.4 Å². The molecule has 0 aliphatic rings. The highest BCUT2D eigenvalue weighted by Crippen LogP contribution is 2.27. The van der Waals surface area contributed by atoms with Gasteiger partial charge in [0.2, 0.25) is 0 Å². The van der Waals surface area contributed by atoms with Crippen LogP contribution in [-0.2, 0) is 5.75 Å². The van der Waals surface area contributed by atoms with Gasteiger partial charge in [-0.15, -0.1) is 10.2 Å². The first-order valence-electron chi connectivity index (χ1n) is 8.21. The minimum atomic E-state index is -2.87. The highest BCUT2D eigenvalue weighted by molar-refractivity contribution is 8.00. The van der Waals surface area contributed by atoms with Crippen LogP contribution in [0.4, 0.5) is 8.78 Å². The third kappa shape index (κ3) is 4.66. The zero-order chi connectivity index (χ0) is 20.2. The van der Waals surface area contributed by atoms with E-state index in [2.05, 4.69) is 25.4 Å². The molecule has 4 rings (SSSR count). The van der Waals surface area contributed by atoms with Crippen LogP contribution in [0.2, 0.25) is 0 Å². The first kappa shape index (κ1) is 19.6. The number of aromatic nitrogens is 6. The van der Waals surface area contributed by atoms with Crippen LogP contribution < -0.4 is 4.74 Å². The van der Waals surface area contributed by atoms with Gasteiger partial charge in [0.25, 0.3) is 0 Å². The standard InChI is InChI=1S/C17H12F2N6OS3/c18-15(19)26-13-8-6-12(7-9-13)24-14(20-22-23-24)10-28-16-21-25(17(27)29-16)11-4-2-1-3-5-11/h1-9,15H,10H2. The number of nitrogens with zero attached hydrogens (tertiary/aromatic N) is 6. The van der Waals surface area contributed by atoms with Crippen molar-refractivity contribution >= 4 is 35.3 Å². The van der Waals surface area contributed by atoms with Crippen LogP contribution in [0.15, 0.2) is 58.9 Å². The Morgan fingerprint density at radius 2 is 1.76 bits per heavy atom. The molecule has 4 aromatic rings. The fraction of sp³-hybridized carbons (Fsp3) is 0.118. The van der Waals surface area contributed by atoms with E-state index < -0.39 is 6.61 Å². The fourth-order valence-electron chi connectivity index (χ4n) is 2.44. The maximum atomic E-state index is 12.3. The van der Waals surface area contributed by atoms with Gasteiger partial charge < -0.3 is 4.74 Å². The number of hydrogen-bond donors (Lipinski definition) is 0. The summed E-state index contributed by atoms with van der Waals surface area (Å²) >= 11 is 8.27. The molecule has 7 nitrogen and oxygen atoms in total. The Morgan fingerprint density at radius 3 is 2.48 bits per heavy atom. The van der Waals surface area contributed by atoms with E-state index in [1.807, 2.05) is 30.3 Å². The van der Waals surface area contributed by atoms with Gasteiger partial charge in [0.05, 0.1) is 17.1 Å². The molecule has 0 aliphatic heterocycles. The second-order valence-corrected chi connectivity index (χ2v) is 8.39. The van der Waals surface area contributed by atoms with Crippen LogP contribution in [0.25, 0.3) is 11.4 Å². The lowest BCUT2D eigenvalue weighted by atomic mass is 10.3. The van der Waals surface area contributed by atoms with Gasteiger partial charge in [-0.1, -0.05) is 41.3 Å². The summed E-state index contributed by atoms with van der Waals surface area (Å²) in [7, 11) is 0. The Bertz CT molecular complexity index is 1140. The molecule has 0 fully saturated rings. The third-order valence-corrected chi connectivity index (χ3v) is 6.06. The first-order valence-corrected chi connectivity index (χ1v) is 10.4. The van der Waals surface area contributed by atoms with Gasteiger partial charge >= 0.3 is 6.61 Å². The minimum Gasteiger partial charge on any atom is -0.435 e. The summed E-state index contributed by atoms with van der Waals surface area (Å²) in [4.78, 5) is 0. The molecule has 0 amide bonds. The zero-order valence-corrected chi connectivity index (χ0v) is 17.0. The van der Waals surface area contributed by atoms with Crippen LogP contribution in [0.5, 0.6) is 5.75 Å². The second kappa shape index (κ2) is 8.76. The average Bonchev–Trinajstić information content (AvgIpc) is 3.33. The molecule has 148 valence electrons. The lowest BCUT2D eigenvalue weighted by Crippen LogP contribution is -2.04.